The molecule has 0 saturated carbocycles. The molecule has 0 amide bonds. The summed E-state index contributed by atoms with van der Waals surface area (Å²) in [5.74, 6) is -0.00263. The number of pyridine rings is 1. The Hall–Kier alpha value is -1.99. The minimum Gasteiger partial charge on any atom is -0.544 e. The van der Waals surface area contributed by atoms with Gasteiger partial charge in [0.1, 0.15) is 5.01 Å². The molecule has 1 aliphatic rings. The minimum atomic E-state index is -1.13. The summed E-state index contributed by atoms with van der Waals surface area (Å²) in [5.41, 5.74) is 0.553. The van der Waals surface area contributed by atoms with Crippen molar-refractivity contribution in [2.45, 2.75) is 13.5 Å². The zero-order valence-electron chi connectivity index (χ0n) is 12.4. The van der Waals surface area contributed by atoms with Crippen LogP contribution in [0.2, 0.25) is 0 Å². The van der Waals surface area contributed by atoms with Crippen LogP contribution < -0.4 is 15.0 Å². The standard InChI is InChI=1S/C15H18N4O2S/c1-11-14(15(20)21)22-13(17-11)10-18-6-8-19(9-7-18)12-4-2-3-5-16-12/h2-5H,6-10H2,1H3,(H,20,21). The number of nitrogens with zero attached hydrogens (tertiary/aromatic N) is 3. The maximum absolute atomic E-state index is 11.0. The molecular weight excluding hydrogens is 300 g/mol. The van der Waals surface area contributed by atoms with E-state index >= 15 is 0 Å². The van der Waals surface area contributed by atoms with Gasteiger partial charge >= 0.3 is 0 Å². The van der Waals surface area contributed by atoms with E-state index in [1.54, 1.807) is 6.92 Å². The van der Waals surface area contributed by atoms with Gasteiger partial charge in [0.25, 0.3) is 5.82 Å². The lowest BCUT2D eigenvalue weighted by Crippen LogP contribution is -2.47. The summed E-state index contributed by atoms with van der Waals surface area (Å²) < 4.78 is 0. The quantitative estimate of drug-likeness (QED) is 0.790. The topological polar surface area (TPSA) is 73.6 Å². The second-order valence-electron chi connectivity index (χ2n) is 5.32. The summed E-state index contributed by atoms with van der Waals surface area (Å²) >= 11 is 1.22. The Morgan fingerprint density at radius 1 is 1.36 bits per heavy atom. The molecule has 3 heterocycles. The number of carbonyl (C=O) groups excluding carboxylic acids is 1. The number of aryl methyl sites for hydroxylation is 1. The van der Waals surface area contributed by atoms with Crippen molar-refractivity contribution >= 4 is 23.1 Å². The Labute approximate surface area is 133 Å². The van der Waals surface area contributed by atoms with Gasteiger partial charge in [-0.05, 0) is 13.0 Å². The molecule has 1 N–H and O–H groups in total. The molecule has 0 unspecified atom stereocenters. The third kappa shape index (κ3) is 3.26. The molecule has 0 radical (unpaired) electrons. The average molecular weight is 318 g/mol. The molecule has 0 atom stereocenters. The van der Waals surface area contributed by atoms with Gasteiger partial charge in [-0.1, -0.05) is 6.07 Å². The number of carboxylic acids is 1. The highest BCUT2D eigenvalue weighted by Gasteiger charge is 2.23. The zero-order chi connectivity index (χ0) is 15.5. The monoisotopic (exact) mass is 318 g/mol. The largest absolute Gasteiger partial charge is 0.544 e. The van der Waals surface area contributed by atoms with Crippen molar-refractivity contribution in [3.05, 3.63) is 40.0 Å². The lowest BCUT2D eigenvalue weighted by atomic mass is 10.3. The van der Waals surface area contributed by atoms with Crippen LogP contribution in [0.5, 0.6) is 0 Å². The lowest BCUT2D eigenvalue weighted by molar-refractivity contribution is -0.364. The second-order valence-corrected chi connectivity index (χ2v) is 6.40. The van der Waals surface area contributed by atoms with Crippen molar-refractivity contribution in [2.24, 2.45) is 0 Å². The van der Waals surface area contributed by atoms with Gasteiger partial charge in [0.15, 0.2) is 0 Å². The smallest absolute Gasteiger partial charge is 0.274 e. The van der Waals surface area contributed by atoms with Crippen LogP contribution in [0.15, 0.2) is 24.4 Å². The molecule has 0 aliphatic carbocycles. The van der Waals surface area contributed by atoms with E-state index in [4.69, 9.17) is 0 Å². The molecule has 0 bridgehead atoms. The molecule has 2 aromatic heterocycles. The van der Waals surface area contributed by atoms with Gasteiger partial charge in [0.2, 0.25) is 0 Å². The molecule has 1 saturated heterocycles. The summed E-state index contributed by atoms with van der Waals surface area (Å²) in [5, 5.41) is 11.8. The normalized spacial score (nSPS) is 16.0. The van der Waals surface area contributed by atoms with Gasteiger partial charge in [-0.15, -0.1) is 11.3 Å². The maximum atomic E-state index is 11.0. The predicted molar refractivity (Wildman–Crippen MR) is 81.7 cm³/mol. The van der Waals surface area contributed by atoms with Crippen molar-refractivity contribution in [3.63, 3.8) is 0 Å². The summed E-state index contributed by atoms with van der Waals surface area (Å²) in [6.07, 6.45) is 1.93. The highest BCUT2D eigenvalue weighted by atomic mass is 32.1. The number of aromatic nitrogens is 2. The molecule has 2 aromatic rings. The van der Waals surface area contributed by atoms with Gasteiger partial charge in [-0.25, -0.2) is 9.97 Å². The Morgan fingerprint density at radius 2 is 2.14 bits per heavy atom. The number of aromatic amines is 1. The van der Waals surface area contributed by atoms with Crippen molar-refractivity contribution in [2.75, 3.05) is 31.1 Å². The zero-order valence-corrected chi connectivity index (χ0v) is 13.2. The van der Waals surface area contributed by atoms with Crippen LogP contribution >= 0.6 is 11.3 Å². The Morgan fingerprint density at radius 3 is 2.73 bits per heavy atom. The third-order valence-electron chi connectivity index (χ3n) is 3.79. The number of anilines is 1. The third-order valence-corrected chi connectivity index (χ3v) is 4.91. The van der Waals surface area contributed by atoms with Gasteiger partial charge < -0.3 is 9.90 Å². The molecule has 22 heavy (non-hydrogen) atoms. The highest BCUT2D eigenvalue weighted by Crippen LogP contribution is 2.20. The number of piperazine rings is 1. The Kier molecular flexibility index (Phi) is 4.35. The molecule has 0 aromatic carbocycles. The fraction of sp³-hybridized carbons (Fsp3) is 0.400. The summed E-state index contributed by atoms with van der Waals surface area (Å²) in [4.78, 5) is 23.4. The first-order valence-electron chi connectivity index (χ1n) is 7.25. The van der Waals surface area contributed by atoms with Gasteiger partial charge in [0.05, 0.1) is 42.4 Å². The fourth-order valence-corrected chi connectivity index (χ4v) is 3.57. The fourth-order valence-electron chi connectivity index (χ4n) is 2.63. The number of nitrogens with one attached hydrogen (secondary N) is 1. The van der Waals surface area contributed by atoms with Crippen LogP contribution in [-0.2, 0) is 6.54 Å². The molecule has 1 fully saturated rings. The number of carboxylic acid groups (broad SMARTS) is 1. The Balaban J connectivity index is 1.58. The van der Waals surface area contributed by atoms with Crippen LogP contribution in [0.3, 0.4) is 0 Å². The molecule has 0 spiro atoms. The molecule has 7 heteroatoms. The van der Waals surface area contributed by atoms with E-state index in [1.165, 1.54) is 11.3 Å². The first-order chi connectivity index (χ1) is 10.6. The van der Waals surface area contributed by atoms with E-state index in [2.05, 4.69) is 25.8 Å². The van der Waals surface area contributed by atoms with Crippen LogP contribution in [0.4, 0.5) is 5.82 Å². The van der Waals surface area contributed by atoms with Gasteiger partial charge in [-0.2, -0.15) is 0 Å². The van der Waals surface area contributed by atoms with E-state index in [0.29, 0.717) is 12.2 Å². The SMILES string of the molecule is Cc1nc(CN2CCN(c3cccc[nH+]3)CC2)sc1C(=O)[O-]. The first kappa shape index (κ1) is 14.9. The molecular formula is C15H18N4O2S. The van der Waals surface area contributed by atoms with E-state index in [-0.39, 0.29) is 4.88 Å². The lowest BCUT2D eigenvalue weighted by Gasteiger charge is -2.30. The average Bonchev–Trinajstić information content (AvgIpc) is 2.90. The second kappa shape index (κ2) is 6.41. The predicted octanol–water partition coefficient (Wildman–Crippen LogP) is -0.0487. The number of carbonyl (C=O) groups is 1. The first-order valence-corrected chi connectivity index (χ1v) is 8.07. The Bertz CT molecular complexity index is 651. The van der Waals surface area contributed by atoms with Crippen molar-refractivity contribution < 1.29 is 14.9 Å². The highest BCUT2D eigenvalue weighted by molar-refractivity contribution is 7.13. The van der Waals surface area contributed by atoms with Gasteiger partial charge in [-0.3, -0.25) is 9.80 Å². The van der Waals surface area contributed by atoms with Crippen LogP contribution in [-0.4, -0.2) is 42.0 Å². The summed E-state index contributed by atoms with van der Waals surface area (Å²) in [7, 11) is 0. The molecule has 116 valence electrons. The van der Waals surface area contributed by atoms with Crippen molar-refractivity contribution in [3.8, 4) is 0 Å². The number of rotatable bonds is 4. The maximum Gasteiger partial charge on any atom is 0.274 e. The number of H-pyrrole nitrogens is 1. The number of hydrogen-bond acceptors (Lipinski definition) is 6. The van der Waals surface area contributed by atoms with E-state index < -0.39 is 5.97 Å². The number of hydrogen-bond donors (Lipinski definition) is 0. The number of aromatic carboxylic acids is 1. The summed E-state index contributed by atoms with van der Waals surface area (Å²) in [6.45, 7) is 6.17. The van der Waals surface area contributed by atoms with E-state index in [9.17, 15) is 9.90 Å². The summed E-state index contributed by atoms with van der Waals surface area (Å²) in [6, 6.07) is 6.07. The van der Waals surface area contributed by atoms with E-state index in [0.717, 1.165) is 37.0 Å². The minimum absolute atomic E-state index is 0.243. The van der Waals surface area contributed by atoms with Gasteiger partial charge in [0, 0.05) is 19.2 Å². The molecule has 3 rings (SSSR count). The van der Waals surface area contributed by atoms with Crippen LogP contribution in [0.25, 0.3) is 0 Å². The van der Waals surface area contributed by atoms with Crippen LogP contribution in [0.1, 0.15) is 20.4 Å². The van der Waals surface area contributed by atoms with Crippen molar-refractivity contribution in [1.29, 1.82) is 0 Å². The molecule has 6 nitrogen and oxygen atoms in total. The van der Waals surface area contributed by atoms with Crippen molar-refractivity contribution in [1.82, 2.24) is 9.88 Å². The molecule has 1 aliphatic heterocycles. The number of thiazole rings is 1. The van der Waals surface area contributed by atoms with Crippen LogP contribution in [0, 0.1) is 6.92 Å². The van der Waals surface area contributed by atoms with E-state index in [1.807, 2.05) is 18.3 Å².